The first kappa shape index (κ1) is 17.7. The van der Waals surface area contributed by atoms with Crippen LogP contribution >= 0.6 is 11.8 Å². The normalized spacial score (nSPS) is 16.7. The molecule has 2 aliphatic heterocycles. The molecule has 3 N–H and O–H groups in total. The summed E-state index contributed by atoms with van der Waals surface area (Å²) in [5.74, 6) is -1.56. The van der Waals surface area contributed by atoms with E-state index >= 15 is 0 Å². The van der Waals surface area contributed by atoms with Crippen LogP contribution in [-0.4, -0.2) is 51.0 Å². The van der Waals surface area contributed by atoms with Crippen molar-refractivity contribution in [1.29, 1.82) is 0 Å². The number of likely N-dealkylation sites (tertiary alicyclic amines) is 1. The van der Waals surface area contributed by atoms with Gasteiger partial charge in [0, 0.05) is 43.0 Å². The van der Waals surface area contributed by atoms with Gasteiger partial charge in [0.05, 0.1) is 5.69 Å². The Balaban J connectivity index is 1.35. The molecule has 1 aromatic heterocycles. The molecule has 2 aromatic rings. The molecule has 2 aliphatic rings. The maximum Gasteiger partial charge on any atom is 0.394 e. The summed E-state index contributed by atoms with van der Waals surface area (Å²) in [6.07, 6.45) is 4.87. The minimum absolute atomic E-state index is 0.0665. The lowest BCUT2D eigenvalue weighted by molar-refractivity contribution is -0.150. The molecule has 1 fully saturated rings. The number of anilines is 2. The summed E-state index contributed by atoms with van der Waals surface area (Å²) < 4.78 is 0. The maximum atomic E-state index is 11.3. The van der Waals surface area contributed by atoms with Crippen LogP contribution in [0, 0.1) is 0 Å². The Morgan fingerprint density at radius 1 is 1.26 bits per heavy atom. The van der Waals surface area contributed by atoms with E-state index in [0.717, 1.165) is 53.9 Å². The van der Waals surface area contributed by atoms with E-state index in [1.54, 1.807) is 24.2 Å². The van der Waals surface area contributed by atoms with Crippen LogP contribution in [0.15, 0.2) is 40.5 Å². The highest BCUT2D eigenvalue weighted by Gasteiger charge is 2.24. The second-order valence-corrected chi connectivity index (χ2v) is 7.63. The molecule has 8 nitrogen and oxygen atoms in total. The van der Waals surface area contributed by atoms with Crippen LogP contribution in [-0.2, 0) is 16.1 Å². The molecular formula is C18H19N5O3S. The van der Waals surface area contributed by atoms with Crippen LogP contribution < -0.4 is 10.6 Å². The van der Waals surface area contributed by atoms with Gasteiger partial charge in [-0.15, -0.1) is 0 Å². The van der Waals surface area contributed by atoms with Gasteiger partial charge in [0.25, 0.3) is 0 Å². The third-order valence-electron chi connectivity index (χ3n) is 4.69. The fourth-order valence-corrected chi connectivity index (χ4v) is 4.27. The molecule has 0 saturated carbocycles. The van der Waals surface area contributed by atoms with E-state index in [-0.39, 0.29) is 6.04 Å². The number of aliphatic carboxylic acids is 1. The zero-order chi connectivity index (χ0) is 18.8. The van der Waals surface area contributed by atoms with Gasteiger partial charge in [0.2, 0.25) is 0 Å². The molecule has 27 heavy (non-hydrogen) atoms. The third-order valence-corrected chi connectivity index (χ3v) is 5.74. The largest absolute Gasteiger partial charge is 0.474 e. The summed E-state index contributed by atoms with van der Waals surface area (Å²) in [5, 5.41) is 15.4. The third kappa shape index (κ3) is 4.04. The highest BCUT2D eigenvalue weighted by atomic mass is 32.2. The SMILES string of the molecule is O=C(O)C(=O)NC1CCN(Cc2ccc3c(c2)Sc2nccnc2N3)CC1. The Kier molecular flexibility index (Phi) is 4.95. The quantitative estimate of drug-likeness (QED) is 0.587. The number of carboxylic acids is 1. The fraction of sp³-hybridized carbons (Fsp3) is 0.333. The minimum atomic E-state index is -1.43. The molecule has 1 saturated heterocycles. The lowest BCUT2D eigenvalue weighted by Crippen LogP contribution is -2.46. The van der Waals surface area contributed by atoms with E-state index in [0.29, 0.717) is 0 Å². The first-order valence-corrected chi connectivity index (χ1v) is 9.55. The highest BCUT2D eigenvalue weighted by Crippen LogP contribution is 2.42. The number of hydrogen-bond donors (Lipinski definition) is 3. The first-order chi connectivity index (χ1) is 13.1. The molecule has 0 atom stereocenters. The van der Waals surface area contributed by atoms with E-state index in [4.69, 9.17) is 5.11 Å². The molecule has 0 aliphatic carbocycles. The molecule has 0 radical (unpaired) electrons. The van der Waals surface area contributed by atoms with Gasteiger partial charge >= 0.3 is 11.9 Å². The summed E-state index contributed by atoms with van der Waals surface area (Å²) in [7, 11) is 0. The first-order valence-electron chi connectivity index (χ1n) is 8.73. The van der Waals surface area contributed by atoms with Gasteiger partial charge in [-0.25, -0.2) is 14.8 Å². The topological polar surface area (TPSA) is 107 Å². The predicted molar refractivity (Wildman–Crippen MR) is 100.0 cm³/mol. The van der Waals surface area contributed by atoms with Gasteiger partial charge in [-0.3, -0.25) is 9.69 Å². The van der Waals surface area contributed by atoms with Crippen molar-refractivity contribution in [1.82, 2.24) is 20.2 Å². The van der Waals surface area contributed by atoms with Crippen molar-refractivity contribution in [3.63, 3.8) is 0 Å². The number of hydrogen-bond acceptors (Lipinski definition) is 7. The van der Waals surface area contributed by atoms with Crippen LogP contribution in [0.5, 0.6) is 0 Å². The standard InChI is InChI=1S/C18H19N5O3S/c24-16(18(25)26)21-12-3-7-23(8-4-12)10-11-1-2-13-14(9-11)27-17-15(22-13)19-5-6-20-17/h1-2,5-6,9,12H,3-4,7-8,10H2,(H,19,22)(H,21,24)(H,25,26). The highest BCUT2D eigenvalue weighted by molar-refractivity contribution is 7.99. The second-order valence-electron chi connectivity index (χ2n) is 6.60. The van der Waals surface area contributed by atoms with Crippen molar-refractivity contribution < 1.29 is 14.7 Å². The number of nitrogens with zero attached hydrogens (tertiary/aromatic N) is 3. The van der Waals surface area contributed by atoms with E-state index in [9.17, 15) is 9.59 Å². The average Bonchev–Trinajstić information content (AvgIpc) is 2.67. The Hall–Kier alpha value is -2.65. The molecule has 0 bridgehead atoms. The van der Waals surface area contributed by atoms with E-state index in [2.05, 4.69) is 43.7 Å². The average molecular weight is 385 g/mol. The van der Waals surface area contributed by atoms with E-state index in [1.165, 1.54) is 5.56 Å². The summed E-state index contributed by atoms with van der Waals surface area (Å²) in [6, 6.07) is 6.27. The summed E-state index contributed by atoms with van der Waals surface area (Å²) in [6.45, 7) is 2.46. The van der Waals surface area contributed by atoms with Gasteiger partial charge in [-0.2, -0.15) is 0 Å². The number of fused-ring (bicyclic) bond motifs is 2. The lowest BCUT2D eigenvalue weighted by atomic mass is 10.0. The van der Waals surface area contributed by atoms with Gasteiger partial charge in [-0.1, -0.05) is 17.8 Å². The number of benzene rings is 1. The molecule has 1 amide bonds. The Morgan fingerprint density at radius 2 is 2.04 bits per heavy atom. The Bertz CT molecular complexity index is 883. The van der Waals surface area contributed by atoms with Crippen molar-refractivity contribution in [3.8, 4) is 0 Å². The van der Waals surface area contributed by atoms with Crippen molar-refractivity contribution in [2.45, 2.75) is 35.3 Å². The van der Waals surface area contributed by atoms with Crippen LogP contribution in [0.25, 0.3) is 0 Å². The van der Waals surface area contributed by atoms with Crippen molar-refractivity contribution in [3.05, 3.63) is 36.2 Å². The molecular weight excluding hydrogens is 366 g/mol. The van der Waals surface area contributed by atoms with Crippen molar-refractivity contribution in [2.24, 2.45) is 0 Å². The van der Waals surface area contributed by atoms with Crippen molar-refractivity contribution >= 4 is 35.1 Å². The minimum Gasteiger partial charge on any atom is -0.474 e. The molecule has 3 heterocycles. The lowest BCUT2D eigenvalue weighted by Gasteiger charge is -2.32. The van der Waals surface area contributed by atoms with Crippen molar-refractivity contribution in [2.75, 3.05) is 18.4 Å². The molecule has 1 aromatic carbocycles. The summed E-state index contributed by atoms with van der Waals surface area (Å²) >= 11 is 1.61. The fourth-order valence-electron chi connectivity index (χ4n) is 3.31. The zero-order valence-corrected chi connectivity index (χ0v) is 15.3. The summed E-state index contributed by atoms with van der Waals surface area (Å²) in [4.78, 5) is 34.0. The number of aromatic nitrogens is 2. The number of rotatable bonds is 3. The van der Waals surface area contributed by atoms with Gasteiger partial charge in [0.1, 0.15) is 5.03 Å². The number of carboxylic acid groups (broad SMARTS) is 1. The van der Waals surface area contributed by atoms with Crippen LogP contribution in [0.1, 0.15) is 18.4 Å². The molecule has 9 heteroatoms. The Labute approximate surface area is 160 Å². The Morgan fingerprint density at radius 3 is 2.81 bits per heavy atom. The monoisotopic (exact) mass is 385 g/mol. The van der Waals surface area contributed by atoms with Gasteiger partial charge in [-0.05, 0) is 30.5 Å². The van der Waals surface area contributed by atoms with Crippen LogP contribution in [0.3, 0.4) is 0 Å². The molecule has 0 unspecified atom stereocenters. The number of piperidine rings is 1. The summed E-state index contributed by atoms with van der Waals surface area (Å²) in [5.41, 5.74) is 2.25. The number of carbonyl (C=O) groups excluding carboxylic acids is 1. The van der Waals surface area contributed by atoms with Gasteiger partial charge < -0.3 is 15.7 Å². The number of carbonyl (C=O) groups is 2. The second kappa shape index (κ2) is 7.53. The van der Waals surface area contributed by atoms with Crippen LogP contribution in [0.2, 0.25) is 0 Å². The molecule has 140 valence electrons. The van der Waals surface area contributed by atoms with Crippen LogP contribution in [0.4, 0.5) is 11.5 Å². The van der Waals surface area contributed by atoms with E-state index < -0.39 is 11.9 Å². The molecule has 0 spiro atoms. The van der Waals surface area contributed by atoms with E-state index in [1.807, 2.05) is 0 Å². The molecule has 4 rings (SSSR count). The maximum absolute atomic E-state index is 11.3. The zero-order valence-electron chi connectivity index (χ0n) is 14.5. The van der Waals surface area contributed by atoms with Gasteiger partial charge in [0.15, 0.2) is 5.82 Å². The number of nitrogens with one attached hydrogen (secondary N) is 2. The number of amides is 1. The smallest absolute Gasteiger partial charge is 0.394 e. The predicted octanol–water partition coefficient (Wildman–Crippen LogP) is 1.85.